The van der Waals surface area contributed by atoms with E-state index in [0.717, 1.165) is 19.5 Å². The summed E-state index contributed by atoms with van der Waals surface area (Å²) in [5.74, 6) is 0. The standard InChI is InChI=1S/C13H19NS/c1-3-10(2)8-14-9-12-7-11-5-4-6-13(11)15-12/h7,14H,2-6,8-9H2,1H3. The van der Waals surface area contributed by atoms with Crippen LogP contribution in [0.15, 0.2) is 18.2 Å². The normalized spacial score (nSPS) is 14.2. The summed E-state index contributed by atoms with van der Waals surface area (Å²) in [5.41, 5.74) is 2.89. The van der Waals surface area contributed by atoms with Crippen molar-refractivity contribution < 1.29 is 0 Å². The van der Waals surface area contributed by atoms with Crippen LogP contribution < -0.4 is 5.32 Å². The first kappa shape index (κ1) is 10.9. The Morgan fingerprint density at radius 2 is 2.40 bits per heavy atom. The highest BCUT2D eigenvalue weighted by molar-refractivity contribution is 7.12. The summed E-state index contributed by atoms with van der Waals surface area (Å²) in [6, 6.07) is 2.38. The van der Waals surface area contributed by atoms with Crippen LogP contribution in [0.1, 0.15) is 35.1 Å². The van der Waals surface area contributed by atoms with E-state index >= 15 is 0 Å². The zero-order valence-corrected chi connectivity index (χ0v) is 10.3. The highest BCUT2D eigenvalue weighted by atomic mass is 32.1. The van der Waals surface area contributed by atoms with Crippen molar-refractivity contribution >= 4 is 11.3 Å². The maximum absolute atomic E-state index is 4.00. The third-order valence-corrected chi connectivity index (χ3v) is 4.21. The Balaban J connectivity index is 1.81. The average Bonchev–Trinajstić information content (AvgIpc) is 2.77. The number of nitrogens with one attached hydrogen (secondary N) is 1. The van der Waals surface area contributed by atoms with Gasteiger partial charge in [0.15, 0.2) is 0 Å². The maximum Gasteiger partial charge on any atom is 0.0302 e. The molecule has 0 fully saturated rings. The van der Waals surface area contributed by atoms with Crippen LogP contribution in [0.25, 0.3) is 0 Å². The van der Waals surface area contributed by atoms with Gasteiger partial charge in [0.05, 0.1) is 0 Å². The molecule has 1 aromatic heterocycles. The molecule has 0 amide bonds. The van der Waals surface area contributed by atoms with Crippen molar-refractivity contribution in [2.24, 2.45) is 0 Å². The lowest BCUT2D eigenvalue weighted by molar-refractivity contribution is 0.735. The largest absolute Gasteiger partial charge is 0.308 e. The Kier molecular flexibility index (Phi) is 3.60. The van der Waals surface area contributed by atoms with Crippen molar-refractivity contribution in [3.8, 4) is 0 Å². The second kappa shape index (κ2) is 4.95. The first-order valence-corrected chi connectivity index (χ1v) is 6.59. The van der Waals surface area contributed by atoms with Crippen LogP contribution in [-0.4, -0.2) is 6.54 Å². The monoisotopic (exact) mass is 221 g/mol. The van der Waals surface area contributed by atoms with Gasteiger partial charge >= 0.3 is 0 Å². The molecule has 0 saturated carbocycles. The van der Waals surface area contributed by atoms with E-state index in [1.54, 1.807) is 10.4 Å². The molecular weight excluding hydrogens is 202 g/mol. The highest BCUT2D eigenvalue weighted by Crippen LogP contribution is 2.30. The van der Waals surface area contributed by atoms with Crippen LogP contribution >= 0.6 is 11.3 Å². The molecule has 0 unspecified atom stereocenters. The molecule has 1 aliphatic carbocycles. The quantitative estimate of drug-likeness (QED) is 0.752. The summed E-state index contributed by atoms with van der Waals surface area (Å²) in [5, 5.41) is 3.45. The topological polar surface area (TPSA) is 12.0 Å². The van der Waals surface area contributed by atoms with Gasteiger partial charge in [-0.2, -0.15) is 0 Å². The fourth-order valence-electron chi connectivity index (χ4n) is 1.97. The molecule has 1 aliphatic rings. The van der Waals surface area contributed by atoms with Gasteiger partial charge in [0.1, 0.15) is 0 Å². The number of fused-ring (bicyclic) bond motifs is 1. The number of thiophene rings is 1. The van der Waals surface area contributed by atoms with E-state index in [1.165, 1.54) is 29.7 Å². The molecule has 0 aromatic carbocycles. The average molecular weight is 221 g/mol. The Hall–Kier alpha value is -0.600. The summed E-state index contributed by atoms with van der Waals surface area (Å²) in [6.45, 7) is 8.12. The van der Waals surface area contributed by atoms with Gasteiger partial charge in [-0.05, 0) is 37.3 Å². The summed E-state index contributed by atoms with van der Waals surface area (Å²) < 4.78 is 0. The minimum absolute atomic E-state index is 0.957. The lowest BCUT2D eigenvalue weighted by Gasteiger charge is -2.03. The molecule has 82 valence electrons. The van der Waals surface area contributed by atoms with Crippen molar-refractivity contribution in [1.82, 2.24) is 5.32 Å². The van der Waals surface area contributed by atoms with Gasteiger partial charge in [-0.1, -0.05) is 19.1 Å². The van der Waals surface area contributed by atoms with Crippen molar-refractivity contribution in [3.63, 3.8) is 0 Å². The first-order chi connectivity index (χ1) is 7.29. The molecule has 2 heteroatoms. The molecule has 0 aliphatic heterocycles. The molecule has 0 spiro atoms. The van der Waals surface area contributed by atoms with Crippen LogP contribution in [0.5, 0.6) is 0 Å². The van der Waals surface area contributed by atoms with Crippen molar-refractivity contribution in [2.45, 2.75) is 39.2 Å². The van der Waals surface area contributed by atoms with Gasteiger partial charge in [-0.3, -0.25) is 0 Å². The van der Waals surface area contributed by atoms with Gasteiger partial charge in [0, 0.05) is 22.8 Å². The highest BCUT2D eigenvalue weighted by Gasteiger charge is 2.14. The first-order valence-electron chi connectivity index (χ1n) is 5.77. The molecule has 0 bridgehead atoms. The lowest BCUT2D eigenvalue weighted by atomic mass is 10.2. The van der Waals surface area contributed by atoms with E-state index < -0.39 is 0 Å². The van der Waals surface area contributed by atoms with Crippen molar-refractivity contribution in [3.05, 3.63) is 33.5 Å². The molecule has 1 aromatic rings. The number of hydrogen-bond donors (Lipinski definition) is 1. The van der Waals surface area contributed by atoms with Crippen LogP contribution in [0.3, 0.4) is 0 Å². The minimum Gasteiger partial charge on any atom is -0.308 e. The van der Waals surface area contributed by atoms with Gasteiger partial charge in [0.2, 0.25) is 0 Å². The van der Waals surface area contributed by atoms with Crippen LogP contribution in [0, 0.1) is 0 Å². The van der Waals surface area contributed by atoms with E-state index in [0.29, 0.717) is 0 Å². The van der Waals surface area contributed by atoms with Gasteiger partial charge < -0.3 is 5.32 Å². The van der Waals surface area contributed by atoms with Gasteiger partial charge in [-0.15, -0.1) is 11.3 Å². The molecule has 1 heterocycles. The summed E-state index contributed by atoms with van der Waals surface area (Å²) in [7, 11) is 0. The summed E-state index contributed by atoms with van der Waals surface area (Å²) in [4.78, 5) is 3.12. The third-order valence-electron chi connectivity index (χ3n) is 2.97. The van der Waals surface area contributed by atoms with Gasteiger partial charge in [0.25, 0.3) is 0 Å². The summed E-state index contributed by atoms with van der Waals surface area (Å²) in [6.07, 6.45) is 5.05. The SMILES string of the molecule is C=C(CC)CNCc1cc2c(s1)CCC2. The molecular formula is C13H19NS. The van der Waals surface area contributed by atoms with Crippen molar-refractivity contribution in [1.29, 1.82) is 0 Å². The zero-order valence-electron chi connectivity index (χ0n) is 9.44. The molecule has 15 heavy (non-hydrogen) atoms. The second-order valence-electron chi connectivity index (χ2n) is 4.22. The Labute approximate surface area is 96.2 Å². The fraction of sp³-hybridized carbons (Fsp3) is 0.538. The molecule has 0 radical (unpaired) electrons. The smallest absolute Gasteiger partial charge is 0.0302 e. The second-order valence-corrected chi connectivity index (χ2v) is 5.44. The molecule has 0 saturated heterocycles. The predicted molar refractivity (Wildman–Crippen MR) is 67.5 cm³/mol. The lowest BCUT2D eigenvalue weighted by Crippen LogP contribution is -2.15. The van der Waals surface area contributed by atoms with Gasteiger partial charge in [-0.25, -0.2) is 0 Å². The number of hydrogen-bond acceptors (Lipinski definition) is 2. The Morgan fingerprint density at radius 1 is 1.53 bits per heavy atom. The Morgan fingerprint density at radius 3 is 3.13 bits per heavy atom. The van der Waals surface area contributed by atoms with E-state index in [4.69, 9.17) is 0 Å². The maximum atomic E-state index is 4.00. The predicted octanol–water partition coefficient (Wildman–Crippen LogP) is 3.29. The van der Waals surface area contributed by atoms with Crippen molar-refractivity contribution in [2.75, 3.05) is 6.54 Å². The number of aryl methyl sites for hydroxylation is 2. The molecule has 1 nitrogen and oxygen atoms in total. The van der Waals surface area contributed by atoms with Crippen LogP contribution in [0.2, 0.25) is 0 Å². The summed E-state index contributed by atoms with van der Waals surface area (Å²) >= 11 is 1.99. The molecule has 1 N–H and O–H groups in total. The van der Waals surface area contributed by atoms with Crippen LogP contribution in [-0.2, 0) is 19.4 Å². The van der Waals surface area contributed by atoms with E-state index in [-0.39, 0.29) is 0 Å². The molecule has 2 rings (SSSR count). The van der Waals surface area contributed by atoms with E-state index in [1.807, 2.05) is 11.3 Å². The number of rotatable bonds is 5. The van der Waals surface area contributed by atoms with E-state index in [2.05, 4.69) is 24.9 Å². The zero-order chi connectivity index (χ0) is 10.7. The minimum atomic E-state index is 0.957. The van der Waals surface area contributed by atoms with Crippen LogP contribution in [0.4, 0.5) is 0 Å². The molecule has 0 atom stereocenters. The fourth-order valence-corrected chi connectivity index (χ4v) is 3.20. The Bertz CT molecular complexity index is 330. The third kappa shape index (κ3) is 2.70. The van der Waals surface area contributed by atoms with E-state index in [9.17, 15) is 0 Å².